The van der Waals surface area contributed by atoms with Gasteiger partial charge in [-0.25, -0.2) is 4.99 Å². The average Bonchev–Trinajstić information content (AvgIpc) is 3.42. The van der Waals surface area contributed by atoms with Crippen molar-refractivity contribution in [3.05, 3.63) is 65.7 Å². The summed E-state index contributed by atoms with van der Waals surface area (Å²) in [4.78, 5) is 21.1. The molecule has 1 unspecified atom stereocenters. The van der Waals surface area contributed by atoms with Gasteiger partial charge in [-0.3, -0.25) is 4.79 Å². The zero-order chi connectivity index (χ0) is 21.5. The summed E-state index contributed by atoms with van der Waals surface area (Å²) in [5, 5.41) is 6.99. The van der Waals surface area contributed by atoms with Crippen molar-refractivity contribution in [1.29, 1.82) is 0 Å². The lowest BCUT2D eigenvalue weighted by Crippen LogP contribution is -2.44. The lowest BCUT2D eigenvalue weighted by atomic mass is 10.1. The molecule has 0 radical (unpaired) electrons. The van der Waals surface area contributed by atoms with Crippen LogP contribution in [0.3, 0.4) is 0 Å². The van der Waals surface area contributed by atoms with Crippen molar-refractivity contribution in [2.45, 2.75) is 45.3 Å². The summed E-state index contributed by atoms with van der Waals surface area (Å²) in [5.74, 6) is 1.13. The predicted octanol–water partition coefficient (Wildman–Crippen LogP) is 3.14. The summed E-state index contributed by atoms with van der Waals surface area (Å²) in [6.45, 7) is 7.15. The minimum atomic E-state index is 0.267. The summed E-state index contributed by atoms with van der Waals surface area (Å²) in [5.41, 5.74) is 3.62. The highest BCUT2D eigenvalue weighted by Gasteiger charge is 2.23. The van der Waals surface area contributed by atoms with Gasteiger partial charge >= 0.3 is 0 Å². The molecule has 4 rings (SSSR count). The Hall–Kier alpha value is -3.02. The van der Waals surface area contributed by atoms with Crippen LogP contribution in [0, 0.1) is 0 Å². The molecule has 1 atom stereocenters. The van der Waals surface area contributed by atoms with Gasteiger partial charge < -0.3 is 20.4 Å². The number of benzene rings is 2. The van der Waals surface area contributed by atoms with E-state index in [1.54, 1.807) is 0 Å². The van der Waals surface area contributed by atoms with Crippen LogP contribution in [-0.4, -0.2) is 49.0 Å². The fraction of sp³-hybridized carbons (Fsp3) is 0.440. The normalized spacial score (nSPS) is 19.2. The molecule has 1 amide bonds. The monoisotopic (exact) mass is 419 g/mol. The molecule has 2 saturated heterocycles. The first-order valence-corrected chi connectivity index (χ1v) is 11.4. The first kappa shape index (κ1) is 21.2. The van der Waals surface area contributed by atoms with Crippen molar-refractivity contribution in [1.82, 2.24) is 15.5 Å². The van der Waals surface area contributed by atoms with Gasteiger partial charge in [-0.05, 0) is 43.0 Å². The molecular formula is C25H33N5O. The van der Waals surface area contributed by atoms with Crippen molar-refractivity contribution in [2.75, 3.05) is 31.1 Å². The van der Waals surface area contributed by atoms with Gasteiger partial charge in [-0.2, -0.15) is 0 Å². The number of hydrogen-bond donors (Lipinski definition) is 2. The van der Waals surface area contributed by atoms with E-state index in [2.05, 4.69) is 77.1 Å². The number of guanidine groups is 1. The number of hydrogen-bond acceptors (Lipinski definition) is 3. The number of para-hydroxylation sites is 1. The van der Waals surface area contributed by atoms with E-state index in [0.717, 1.165) is 45.0 Å². The Morgan fingerprint density at radius 1 is 1.10 bits per heavy atom. The lowest BCUT2D eigenvalue weighted by Gasteiger charge is -2.20. The quantitative estimate of drug-likeness (QED) is 0.535. The number of nitrogens with zero attached hydrogens (tertiary/aromatic N) is 3. The molecule has 0 aliphatic carbocycles. The lowest BCUT2D eigenvalue weighted by molar-refractivity contribution is -0.128. The Labute approximate surface area is 185 Å². The maximum Gasteiger partial charge on any atom is 0.222 e. The van der Waals surface area contributed by atoms with E-state index in [4.69, 9.17) is 4.99 Å². The maximum absolute atomic E-state index is 11.9. The Bertz CT molecular complexity index is 898. The van der Waals surface area contributed by atoms with Gasteiger partial charge in [-0.15, -0.1) is 0 Å². The molecule has 31 heavy (non-hydrogen) atoms. The van der Waals surface area contributed by atoms with Gasteiger partial charge in [0.05, 0.1) is 6.54 Å². The number of nitrogens with one attached hydrogen (secondary N) is 2. The molecular weight excluding hydrogens is 386 g/mol. The number of amides is 1. The molecule has 0 bridgehead atoms. The standard InChI is InChI=1S/C25H33N5O/c1-2-26-25(28-22-13-15-29(19-22)23-10-4-3-5-11-23)27-17-20-8-6-9-21(16-20)18-30-14-7-12-24(30)31/h3-6,8-11,16,22H,2,7,12-15,17-19H2,1H3,(H2,26,27,28). The van der Waals surface area contributed by atoms with E-state index in [-0.39, 0.29) is 5.91 Å². The van der Waals surface area contributed by atoms with E-state index >= 15 is 0 Å². The fourth-order valence-corrected chi connectivity index (χ4v) is 4.35. The van der Waals surface area contributed by atoms with Crippen LogP contribution < -0.4 is 15.5 Å². The molecule has 2 aromatic rings. The molecule has 164 valence electrons. The van der Waals surface area contributed by atoms with E-state index in [9.17, 15) is 4.79 Å². The third kappa shape index (κ3) is 5.78. The Balaban J connectivity index is 1.35. The van der Waals surface area contributed by atoms with Gasteiger partial charge in [0.15, 0.2) is 5.96 Å². The van der Waals surface area contributed by atoms with Crippen LogP contribution in [0.15, 0.2) is 59.6 Å². The molecule has 2 N–H and O–H groups in total. The van der Waals surface area contributed by atoms with Crippen molar-refractivity contribution >= 4 is 17.6 Å². The highest BCUT2D eigenvalue weighted by atomic mass is 16.2. The largest absolute Gasteiger partial charge is 0.369 e. The minimum absolute atomic E-state index is 0.267. The van der Waals surface area contributed by atoms with Gasteiger partial charge in [0, 0.05) is 50.9 Å². The molecule has 2 aliphatic rings. The second kappa shape index (κ2) is 10.3. The number of anilines is 1. The second-order valence-corrected chi connectivity index (χ2v) is 8.35. The highest BCUT2D eigenvalue weighted by molar-refractivity contribution is 5.80. The average molecular weight is 420 g/mol. The zero-order valence-corrected chi connectivity index (χ0v) is 18.4. The van der Waals surface area contributed by atoms with Crippen molar-refractivity contribution in [3.8, 4) is 0 Å². The van der Waals surface area contributed by atoms with Crippen LogP contribution in [0.5, 0.6) is 0 Å². The number of carbonyl (C=O) groups excluding carboxylic acids is 1. The van der Waals surface area contributed by atoms with Crippen molar-refractivity contribution in [2.24, 2.45) is 4.99 Å². The SMILES string of the molecule is CCNC(=NCc1cccc(CN2CCCC2=O)c1)NC1CCN(c2ccccc2)C1. The smallest absolute Gasteiger partial charge is 0.222 e. The third-order valence-electron chi connectivity index (χ3n) is 5.95. The van der Waals surface area contributed by atoms with E-state index in [1.165, 1.54) is 16.8 Å². The van der Waals surface area contributed by atoms with Gasteiger partial charge in [0.2, 0.25) is 5.91 Å². The Morgan fingerprint density at radius 3 is 2.71 bits per heavy atom. The maximum atomic E-state index is 11.9. The first-order chi connectivity index (χ1) is 15.2. The summed E-state index contributed by atoms with van der Waals surface area (Å²) < 4.78 is 0. The van der Waals surface area contributed by atoms with Gasteiger partial charge in [0.25, 0.3) is 0 Å². The molecule has 0 spiro atoms. The van der Waals surface area contributed by atoms with Crippen molar-refractivity contribution in [3.63, 3.8) is 0 Å². The van der Waals surface area contributed by atoms with Gasteiger partial charge in [-0.1, -0.05) is 42.5 Å². The Kier molecular flexibility index (Phi) is 7.07. The number of aliphatic imine (C=N–C) groups is 1. The predicted molar refractivity (Wildman–Crippen MR) is 126 cm³/mol. The van der Waals surface area contributed by atoms with Crippen LogP contribution >= 0.6 is 0 Å². The van der Waals surface area contributed by atoms with Gasteiger partial charge in [0.1, 0.15) is 0 Å². The molecule has 0 saturated carbocycles. The molecule has 6 heteroatoms. The molecule has 2 fully saturated rings. The molecule has 6 nitrogen and oxygen atoms in total. The van der Waals surface area contributed by atoms with Crippen molar-refractivity contribution < 1.29 is 4.79 Å². The summed E-state index contributed by atoms with van der Waals surface area (Å²) in [6, 6.07) is 19.4. The number of carbonyl (C=O) groups is 1. The number of rotatable bonds is 7. The van der Waals surface area contributed by atoms with Crippen LogP contribution in [0.1, 0.15) is 37.3 Å². The molecule has 2 heterocycles. The Morgan fingerprint density at radius 2 is 1.94 bits per heavy atom. The highest BCUT2D eigenvalue weighted by Crippen LogP contribution is 2.20. The van der Waals surface area contributed by atoms with Crippen LogP contribution in [-0.2, 0) is 17.9 Å². The molecule has 0 aromatic heterocycles. The summed E-state index contributed by atoms with van der Waals surface area (Å²) in [7, 11) is 0. The van der Waals surface area contributed by atoms with E-state index < -0.39 is 0 Å². The summed E-state index contributed by atoms with van der Waals surface area (Å²) >= 11 is 0. The molecule has 2 aromatic carbocycles. The van der Waals surface area contributed by atoms with Crippen LogP contribution in [0.2, 0.25) is 0 Å². The summed E-state index contributed by atoms with van der Waals surface area (Å²) in [6.07, 6.45) is 2.76. The van der Waals surface area contributed by atoms with E-state index in [1.807, 2.05) is 4.90 Å². The fourth-order valence-electron chi connectivity index (χ4n) is 4.35. The van der Waals surface area contributed by atoms with Crippen LogP contribution in [0.4, 0.5) is 5.69 Å². The van der Waals surface area contributed by atoms with E-state index in [0.29, 0.717) is 25.6 Å². The second-order valence-electron chi connectivity index (χ2n) is 8.35. The van der Waals surface area contributed by atoms with Crippen LogP contribution in [0.25, 0.3) is 0 Å². The topological polar surface area (TPSA) is 60.0 Å². The third-order valence-corrected chi connectivity index (χ3v) is 5.95. The molecule has 2 aliphatic heterocycles. The minimum Gasteiger partial charge on any atom is -0.369 e. The first-order valence-electron chi connectivity index (χ1n) is 11.4. The number of likely N-dealkylation sites (tertiary alicyclic amines) is 1. The zero-order valence-electron chi connectivity index (χ0n) is 18.4.